The lowest BCUT2D eigenvalue weighted by Gasteiger charge is -2.13. The summed E-state index contributed by atoms with van der Waals surface area (Å²) in [6, 6.07) is 18.4. The smallest absolute Gasteiger partial charge is 0.257 e. The van der Waals surface area contributed by atoms with Gasteiger partial charge in [-0.3, -0.25) is 9.59 Å². The maximum atomic E-state index is 12.6. The Morgan fingerprint density at radius 1 is 0.893 bits per heavy atom. The summed E-state index contributed by atoms with van der Waals surface area (Å²) < 4.78 is 0. The molecule has 2 N–H and O–H groups in total. The molecule has 0 spiro atoms. The Bertz CT molecular complexity index is 977. The molecule has 1 heterocycles. The van der Waals surface area contributed by atoms with Gasteiger partial charge in [0.25, 0.3) is 5.91 Å². The molecule has 0 bridgehead atoms. The molecule has 0 fully saturated rings. The van der Waals surface area contributed by atoms with Crippen molar-refractivity contribution in [2.24, 2.45) is 0 Å². The van der Waals surface area contributed by atoms with Crippen LogP contribution in [0, 0.1) is 0 Å². The number of anilines is 3. The number of pyridine rings is 1. The minimum atomic E-state index is -0.196. The summed E-state index contributed by atoms with van der Waals surface area (Å²) in [6.45, 7) is 5.72. The molecule has 28 heavy (non-hydrogen) atoms. The quantitative estimate of drug-likeness (QED) is 0.567. The van der Waals surface area contributed by atoms with E-state index in [0.717, 1.165) is 16.9 Å². The lowest BCUT2D eigenvalue weighted by Crippen LogP contribution is -2.14. The summed E-state index contributed by atoms with van der Waals surface area (Å²) in [5.74, 6) is 0.766. The molecule has 142 valence electrons. The largest absolute Gasteiger partial charge is 0.340 e. The molecule has 3 rings (SSSR count). The van der Waals surface area contributed by atoms with Gasteiger partial charge in [-0.25, -0.2) is 4.98 Å². The topological polar surface area (TPSA) is 71.1 Å². The predicted molar refractivity (Wildman–Crippen MR) is 112 cm³/mol. The Hall–Kier alpha value is -3.47. The maximum Gasteiger partial charge on any atom is 0.257 e. The predicted octanol–water partition coefficient (Wildman–Crippen LogP) is 5.40. The molecule has 5 nitrogen and oxygen atoms in total. The van der Waals surface area contributed by atoms with Crippen LogP contribution in [0.15, 0.2) is 66.9 Å². The van der Waals surface area contributed by atoms with Crippen molar-refractivity contribution in [2.45, 2.75) is 26.7 Å². The minimum absolute atomic E-state index is 0.0269. The van der Waals surface area contributed by atoms with Gasteiger partial charge in [0, 0.05) is 23.1 Å². The van der Waals surface area contributed by atoms with Gasteiger partial charge in [-0.2, -0.15) is 0 Å². The lowest BCUT2D eigenvalue weighted by atomic mass is 10.0. The van der Waals surface area contributed by atoms with Gasteiger partial charge in [-0.05, 0) is 60.9 Å². The van der Waals surface area contributed by atoms with Crippen LogP contribution in [0.5, 0.6) is 0 Å². The van der Waals surface area contributed by atoms with E-state index < -0.39 is 0 Å². The summed E-state index contributed by atoms with van der Waals surface area (Å²) >= 11 is 0. The zero-order chi connectivity index (χ0) is 20.1. The van der Waals surface area contributed by atoms with E-state index in [0.29, 0.717) is 22.9 Å². The number of aromatic nitrogens is 1. The Labute approximate surface area is 164 Å². The molecule has 3 aromatic rings. The molecule has 5 heteroatoms. The number of ketones is 1. The fourth-order valence-corrected chi connectivity index (χ4v) is 2.85. The Morgan fingerprint density at radius 2 is 1.57 bits per heavy atom. The molecule has 0 aliphatic rings. The number of nitrogens with one attached hydrogen (secondary N) is 2. The Kier molecular flexibility index (Phi) is 5.84. The molecule has 0 unspecified atom stereocenters. The molecule has 0 saturated heterocycles. The van der Waals surface area contributed by atoms with Gasteiger partial charge in [-0.15, -0.1) is 0 Å². The number of carbonyl (C=O) groups excluding carboxylic acids is 2. The second-order valence-corrected chi connectivity index (χ2v) is 6.89. The van der Waals surface area contributed by atoms with E-state index in [4.69, 9.17) is 0 Å². The van der Waals surface area contributed by atoms with E-state index in [1.165, 1.54) is 6.92 Å². The molecule has 0 aliphatic heterocycles. The number of carbonyl (C=O) groups is 2. The van der Waals surface area contributed by atoms with Crippen LogP contribution >= 0.6 is 0 Å². The van der Waals surface area contributed by atoms with Crippen LogP contribution in [-0.2, 0) is 0 Å². The van der Waals surface area contributed by atoms with Crippen molar-refractivity contribution >= 4 is 28.9 Å². The molecule has 0 saturated carbocycles. The number of amides is 1. The molecule has 1 amide bonds. The van der Waals surface area contributed by atoms with Crippen molar-refractivity contribution in [1.29, 1.82) is 0 Å². The fourth-order valence-electron chi connectivity index (χ4n) is 2.85. The van der Waals surface area contributed by atoms with Crippen molar-refractivity contribution in [2.75, 3.05) is 10.6 Å². The first-order valence-electron chi connectivity index (χ1n) is 9.18. The molecular weight excluding hydrogens is 350 g/mol. The number of para-hydroxylation sites is 1. The normalized spacial score (nSPS) is 10.6. The summed E-state index contributed by atoms with van der Waals surface area (Å²) in [6.07, 6.45) is 1.54. The van der Waals surface area contributed by atoms with Gasteiger partial charge in [0.05, 0.1) is 5.56 Å². The zero-order valence-electron chi connectivity index (χ0n) is 16.2. The van der Waals surface area contributed by atoms with E-state index in [1.54, 1.807) is 30.5 Å². The first-order chi connectivity index (χ1) is 13.4. The fraction of sp³-hybridized carbons (Fsp3) is 0.174. The third kappa shape index (κ3) is 4.62. The van der Waals surface area contributed by atoms with Crippen LogP contribution in [0.2, 0.25) is 0 Å². The second kappa shape index (κ2) is 8.48. The van der Waals surface area contributed by atoms with E-state index in [-0.39, 0.29) is 11.7 Å². The average molecular weight is 373 g/mol. The van der Waals surface area contributed by atoms with Crippen molar-refractivity contribution in [1.82, 2.24) is 4.98 Å². The van der Waals surface area contributed by atoms with Gasteiger partial charge in [0.2, 0.25) is 0 Å². The number of rotatable bonds is 6. The van der Waals surface area contributed by atoms with E-state index >= 15 is 0 Å². The van der Waals surface area contributed by atoms with E-state index in [2.05, 4.69) is 29.5 Å². The number of benzene rings is 2. The van der Waals surface area contributed by atoms with Gasteiger partial charge in [-0.1, -0.05) is 32.0 Å². The van der Waals surface area contributed by atoms with Crippen molar-refractivity contribution in [3.05, 3.63) is 83.6 Å². The minimum Gasteiger partial charge on any atom is -0.340 e. The van der Waals surface area contributed by atoms with Gasteiger partial charge in [0.1, 0.15) is 5.82 Å². The van der Waals surface area contributed by atoms with E-state index in [9.17, 15) is 9.59 Å². The maximum absolute atomic E-state index is 12.6. The molecule has 0 radical (unpaired) electrons. The summed E-state index contributed by atoms with van der Waals surface area (Å²) in [4.78, 5) is 28.2. The molecule has 0 atom stereocenters. The third-order valence-electron chi connectivity index (χ3n) is 4.42. The number of nitrogens with zero attached hydrogens (tertiary/aromatic N) is 1. The van der Waals surface area contributed by atoms with E-state index in [1.807, 2.05) is 36.4 Å². The van der Waals surface area contributed by atoms with Crippen LogP contribution in [0.4, 0.5) is 17.2 Å². The zero-order valence-corrected chi connectivity index (χ0v) is 16.2. The standard InChI is InChI=1S/C23H23N3O2/c1-15(2)20-6-4-5-7-21(20)26-23(28)18-10-13-22(24-14-18)25-19-11-8-17(9-12-19)16(3)27/h4-15H,1-3H3,(H,24,25)(H,26,28). The van der Waals surface area contributed by atoms with Crippen LogP contribution in [-0.4, -0.2) is 16.7 Å². The highest BCUT2D eigenvalue weighted by molar-refractivity contribution is 6.04. The van der Waals surface area contributed by atoms with Gasteiger partial charge >= 0.3 is 0 Å². The van der Waals surface area contributed by atoms with Crippen LogP contribution in [0.3, 0.4) is 0 Å². The number of Topliss-reactive ketones (excluding diaryl/α,β-unsaturated/α-hetero) is 1. The van der Waals surface area contributed by atoms with Crippen LogP contribution < -0.4 is 10.6 Å². The third-order valence-corrected chi connectivity index (χ3v) is 4.42. The van der Waals surface area contributed by atoms with Crippen molar-refractivity contribution < 1.29 is 9.59 Å². The highest BCUT2D eigenvalue weighted by Crippen LogP contribution is 2.24. The molecular formula is C23H23N3O2. The van der Waals surface area contributed by atoms with Crippen molar-refractivity contribution in [3.63, 3.8) is 0 Å². The first kappa shape index (κ1) is 19.3. The highest BCUT2D eigenvalue weighted by Gasteiger charge is 2.11. The summed E-state index contributed by atoms with van der Waals surface area (Å²) in [5, 5.41) is 6.12. The summed E-state index contributed by atoms with van der Waals surface area (Å²) in [5.41, 5.74) is 3.87. The summed E-state index contributed by atoms with van der Waals surface area (Å²) in [7, 11) is 0. The molecule has 1 aromatic heterocycles. The number of hydrogen-bond donors (Lipinski definition) is 2. The van der Waals surface area contributed by atoms with Crippen LogP contribution in [0.1, 0.15) is 53.0 Å². The lowest BCUT2D eigenvalue weighted by molar-refractivity contribution is 0.101. The second-order valence-electron chi connectivity index (χ2n) is 6.89. The monoisotopic (exact) mass is 373 g/mol. The molecule has 2 aromatic carbocycles. The Morgan fingerprint density at radius 3 is 2.18 bits per heavy atom. The SMILES string of the molecule is CC(=O)c1ccc(Nc2ccc(C(=O)Nc3ccccc3C(C)C)cn2)cc1. The van der Waals surface area contributed by atoms with Gasteiger partial charge < -0.3 is 10.6 Å². The highest BCUT2D eigenvalue weighted by atomic mass is 16.1. The van der Waals surface area contributed by atoms with Gasteiger partial charge in [0.15, 0.2) is 5.78 Å². The average Bonchev–Trinajstić information content (AvgIpc) is 2.69. The van der Waals surface area contributed by atoms with Crippen molar-refractivity contribution in [3.8, 4) is 0 Å². The first-order valence-corrected chi connectivity index (χ1v) is 9.18. The molecule has 0 aliphatic carbocycles. The Balaban J connectivity index is 1.68. The number of hydrogen-bond acceptors (Lipinski definition) is 4. The van der Waals surface area contributed by atoms with Crippen LogP contribution in [0.25, 0.3) is 0 Å².